The predicted molar refractivity (Wildman–Crippen MR) is 59.5 cm³/mol. The summed E-state index contributed by atoms with van der Waals surface area (Å²) >= 11 is 0. The van der Waals surface area contributed by atoms with E-state index in [2.05, 4.69) is 16.6 Å². The molecule has 1 rings (SSSR count). The van der Waals surface area contributed by atoms with Gasteiger partial charge in [-0.05, 0) is 13.0 Å². The molecule has 0 aromatic carbocycles. The Hall–Kier alpha value is -1.44. The van der Waals surface area contributed by atoms with Gasteiger partial charge in [0, 0.05) is 24.2 Å². The number of pyridine rings is 1. The van der Waals surface area contributed by atoms with E-state index in [4.69, 9.17) is 0 Å². The normalized spacial score (nSPS) is 9.15. The molecule has 1 heterocycles. The van der Waals surface area contributed by atoms with E-state index in [9.17, 15) is 0 Å². The standard InChI is InChI=1S/C9H10N2.C2H6/c1-3-8-7-10-6-5-9(8)11-4-2;1-2/h3-7H,1H2,2H3;1-2H3. The van der Waals surface area contributed by atoms with E-state index in [1.54, 1.807) is 24.7 Å². The monoisotopic (exact) mass is 176 g/mol. The largest absolute Gasteiger partial charge is 0.264 e. The van der Waals surface area contributed by atoms with Crippen LogP contribution in [0.4, 0.5) is 5.69 Å². The summed E-state index contributed by atoms with van der Waals surface area (Å²) in [6.07, 6.45) is 6.96. The second-order valence-electron chi connectivity index (χ2n) is 2.03. The zero-order valence-electron chi connectivity index (χ0n) is 8.49. The summed E-state index contributed by atoms with van der Waals surface area (Å²) in [5.41, 5.74) is 1.88. The highest BCUT2D eigenvalue weighted by molar-refractivity contribution is 5.67. The molecule has 1 aromatic heterocycles. The molecular weight excluding hydrogens is 160 g/mol. The number of hydrogen-bond acceptors (Lipinski definition) is 2. The molecule has 0 aliphatic carbocycles. The first-order valence-corrected chi connectivity index (χ1v) is 4.43. The summed E-state index contributed by atoms with van der Waals surface area (Å²) in [6, 6.07) is 1.86. The minimum atomic E-state index is 0.914. The van der Waals surface area contributed by atoms with Gasteiger partial charge in [-0.2, -0.15) is 0 Å². The van der Waals surface area contributed by atoms with Crippen molar-refractivity contribution in [3.8, 4) is 0 Å². The van der Waals surface area contributed by atoms with Gasteiger partial charge in [0.25, 0.3) is 0 Å². The molecule has 0 radical (unpaired) electrons. The Morgan fingerprint density at radius 2 is 2.15 bits per heavy atom. The highest BCUT2D eigenvalue weighted by Crippen LogP contribution is 2.17. The van der Waals surface area contributed by atoms with Crippen LogP contribution < -0.4 is 0 Å². The van der Waals surface area contributed by atoms with Gasteiger partial charge in [0.05, 0.1) is 5.69 Å². The minimum absolute atomic E-state index is 0.914. The van der Waals surface area contributed by atoms with Crippen molar-refractivity contribution in [1.82, 2.24) is 4.98 Å². The Morgan fingerprint density at radius 3 is 2.69 bits per heavy atom. The van der Waals surface area contributed by atoms with Crippen molar-refractivity contribution in [1.29, 1.82) is 0 Å². The quantitative estimate of drug-likeness (QED) is 0.633. The fourth-order valence-corrected chi connectivity index (χ4v) is 0.813. The number of hydrogen-bond donors (Lipinski definition) is 0. The van der Waals surface area contributed by atoms with Gasteiger partial charge >= 0.3 is 0 Å². The topological polar surface area (TPSA) is 25.2 Å². The number of aliphatic imine (C=N–C) groups is 1. The molecule has 13 heavy (non-hydrogen) atoms. The van der Waals surface area contributed by atoms with Crippen LogP contribution in [0, 0.1) is 0 Å². The van der Waals surface area contributed by atoms with E-state index in [0.29, 0.717) is 0 Å². The first-order valence-electron chi connectivity index (χ1n) is 4.43. The van der Waals surface area contributed by atoms with Gasteiger partial charge in [0.1, 0.15) is 0 Å². The van der Waals surface area contributed by atoms with Crippen molar-refractivity contribution in [2.24, 2.45) is 4.99 Å². The summed E-state index contributed by atoms with van der Waals surface area (Å²) in [4.78, 5) is 8.09. The van der Waals surface area contributed by atoms with Crippen LogP contribution in [0.1, 0.15) is 26.3 Å². The van der Waals surface area contributed by atoms with Crippen LogP contribution in [-0.4, -0.2) is 11.2 Å². The van der Waals surface area contributed by atoms with Crippen molar-refractivity contribution in [3.63, 3.8) is 0 Å². The summed E-state index contributed by atoms with van der Waals surface area (Å²) in [5.74, 6) is 0. The molecular formula is C11H16N2. The van der Waals surface area contributed by atoms with Crippen LogP contribution in [0.25, 0.3) is 6.08 Å². The summed E-state index contributed by atoms with van der Waals surface area (Å²) in [6.45, 7) is 9.54. The number of nitrogens with zero attached hydrogens (tertiary/aromatic N) is 2. The predicted octanol–water partition coefficient (Wildman–Crippen LogP) is 3.47. The van der Waals surface area contributed by atoms with Gasteiger partial charge in [0.15, 0.2) is 0 Å². The second-order valence-corrected chi connectivity index (χ2v) is 2.03. The molecule has 0 unspecified atom stereocenters. The molecule has 2 heteroatoms. The van der Waals surface area contributed by atoms with E-state index in [-0.39, 0.29) is 0 Å². The zero-order chi connectivity index (χ0) is 10.1. The Balaban J connectivity index is 0.000000671. The Kier molecular flexibility index (Phi) is 6.42. The molecule has 1 aromatic rings. The first-order chi connectivity index (χ1) is 6.38. The molecule has 0 saturated heterocycles. The summed E-state index contributed by atoms with van der Waals surface area (Å²) in [5, 5.41) is 0. The molecule has 0 amide bonds. The van der Waals surface area contributed by atoms with Gasteiger partial charge < -0.3 is 0 Å². The van der Waals surface area contributed by atoms with E-state index < -0.39 is 0 Å². The lowest BCUT2D eigenvalue weighted by Gasteiger charge is -1.96. The highest BCUT2D eigenvalue weighted by atomic mass is 14.7. The number of rotatable bonds is 2. The molecule has 0 saturated carbocycles. The molecule has 0 aliphatic heterocycles. The number of aromatic nitrogens is 1. The van der Waals surface area contributed by atoms with Crippen molar-refractivity contribution in [3.05, 3.63) is 30.6 Å². The molecule has 2 nitrogen and oxygen atoms in total. The Bertz CT molecular complexity index is 277. The molecule has 0 spiro atoms. The minimum Gasteiger partial charge on any atom is -0.264 e. The van der Waals surface area contributed by atoms with Crippen molar-refractivity contribution in [2.75, 3.05) is 0 Å². The van der Waals surface area contributed by atoms with Crippen LogP contribution in [0.15, 0.2) is 30.0 Å². The van der Waals surface area contributed by atoms with Gasteiger partial charge in [-0.1, -0.05) is 26.5 Å². The van der Waals surface area contributed by atoms with E-state index in [1.807, 2.05) is 26.8 Å². The van der Waals surface area contributed by atoms with Crippen molar-refractivity contribution < 1.29 is 0 Å². The molecule has 70 valence electrons. The molecule has 0 aliphatic rings. The van der Waals surface area contributed by atoms with Crippen LogP contribution in [-0.2, 0) is 0 Å². The molecule has 0 N–H and O–H groups in total. The third-order valence-electron chi connectivity index (χ3n) is 1.32. The lowest BCUT2D eigenvalue weighted by Crippen LogP contribution is -1.76. The van der Waals surface area contributed by atoms with Gasteiger partial charge in [-0.25, -0.2) is 0 Å². The second kappa shape index (κ2) is 7.22. The van der Waals surface area contributed by atoms with Crippen molar-refractivity contribution >= 4 is 18.0 Å². The van der Waals surface area contributed by atoms with Gasteiger partial charge in [-0.15, -0.1) is 0 Å². The van der Waals surface area contributed by atoms with E-state index in [0.717, 1.165) is 11.3 Å². The average Bonchev–Trinajstić information content (AvgIpc) is 2.22. The molecule has 0 atom stereocenters. The fraction of sp³-hybridized carbons (Fsp3) is 0.273. The third-order valence-corrected chi connectivity index (χ3v) is 1.32. The van der Waals surface area contributed by atoms with Crippen molar-refractivity contribution in [2.45, 2.75) is 20.8 Å². The lowest BCUT2D eigenvalue weighted by molar-refractivity contribution is 1.30. The first kappa shape index (κ1) is 11.6. The molecule has 0 bridgehead atoms. The zero-order valence-corrected chi connectivity index (χ0v) is 8.49. The van der Waals surface area contributed by atoms with Crippen LogP contribution >= 0.6 is 0 Å². The Morgan fingerprint density at radius 1 is 1.46 bits per heavy atom. The lowest BCUT2D eigenvalue weighted by atomic mass is 10.2. The fourth-order valence-electron chi connectivity index (χ4n) is 0.813. The van der Waals surface area contributed by atoms with E-state index >= 15 is 0 Å². The molecule has 0 fully saturated rings. The highest BCUT2D eigenvalue weighted by Gasteiger charge is 1.92. The summed E-state index contributed by atoms with van der Waals surface area (Å²) in [7, 11) is 0. The SMILES string of the molecule is C=Cc1cnccc1N=CC.CC. The maximum atomic E-state index is 4.14. The van der Waals surface area contributed by atoms with Gasteiger partial charge in [-0.3, -0.25) is 9.98 Å². The van der Waals surface area contributed by atoms with Crippen LogP contribution in [0.3, 0.4) is 0 Å². The maximum absolute atomic E-state index is 4.14. The van der Waals surface area contributed by atoms with E-state index in [1.165, 1.54) is 0 Å². The maximum Gasteiger partial charge on any atom is 0.0728 e. The third kappa shape index (κ3) is 3.65. The average molecular weight is 176 g/mol. The Labute approximate surface area is 80.1 Å². The van der Waals surface area contributed by atoms with Gasteiger partial charge in [0.2, 0.25) is 0 Å². The smallest absolute Gasteiger partial charge is 0.0728 e. The summed E-state index contributed by atoms with van der Waals surface area (Å²) < 4.78 is 0. The van der Waals surface area contributed by atoms with Crippen LogP contribution in [0.5, 0.6) is 0 Å². The van der Waals surface area contributed by atoms with Crippen LogP contribution in [0.2, 0.25) is 0 Å².